The summed E-state index contributed by atoms with van der Waals surface area (Å²) in [5.74, 6) is 1.10. The lowest BCUT2D eigenvalue weighted by molar-refractivity contribution is -0.134. The maximum absolute atomic E-state index is 13.5. The van der Waals surface area contributed by atoms with Crippen molar-refractivity contribution in [2.24, 2.45) is 0 Å². The third-order valence-corrected chi connectivity index (χ3v) is 9.28. The second kappa shape index (κ2) is 9.39. The molecule has 1 unspecified atom stereocenters. The Morgan fingerprint density at radius 2 is 1.92 bits per heavy atom. The van der Waals surface area contributed by atoms with Crippen molar-refractivity contribution in [3.8, 4) is 11.3 Å². The van der Waals surface area contributed by atoms with E-state index in [2.05, 4.69) is 51.5 Å². The summed E-state index contributed by atoms with van der Waals surface area (Å²) < 4.78 is 2.21. The fourth-order valence-electron chi connectivity index (χ4n) is 5.13. The van der Waals surface area contributed by atoms with Gasteiger partial charge >= 0.3 is 0 Å². The molecule has 0 saturated carbocycles. The number of hydrogen-bond donors (Lipinski definition) is 1. The number of likely N-dealkylation sites (tertiary alicyclic amines) is 1. The van der Waals surface area contributed by atoms with Crippen molar-refractivity contribution < 1.29 is 4.79 Å². The molecular weight excluding hydrogens is 558 g/mol. The molecule has 4 heterocycles. The normalized spacial score (nSPS) is 20.0. The van der Waals surface area contributed by atoms with Gasteiger partial charge in [0.15, 0.2) is 5.65 Å². The highest BCUT2D eigenvalue weighted by Crippen LogP contribution is 2.46. The number of hydrogen-bond acceptors (Lipinski definition) is 5. The highest BCUT2D eigenvalue weighted by molar-refractivity contribution is 9.10. The molecule has 36 heavy (non-hydrogen) atoms. The Hall–Kier alpha value is -2.55. The number of halogens is 2. The van der Waals surface area contributed by atoms with E-state index < -0.39 is 4.75 Å². The Bertz CT molecular complexity index is 1440. The largest absolute Gasteiger partial charge is 0.367 e. The molecule has 4 aromatic rings. The molecule has 1 saturated heterocycles. The Morgan fingerprint density at radius 1 is 1.17 bits per heavy atom. The van der Waals surface area contributed by atoms with Gasteiger partial charge in [-0.25, -0.2) is 4.98 Å². The Kier molecular flexibility index (Phi) is 6.22. The van der Waals surface area contributed by atoms with Crippen molar-refractivity contribution in [1.29, 1.82) is 0 Å². The number of carbonyl (C=O) groups is 1. The van der Waals surface area contributed by atoms with Crippen LogP contribution in [0.25, 0.3) is 16.9 Å². The number of nitrogens with one attached hydrogen (secondary N) is 1. The first kappa shape index (κ1) is 23.8. The number of piperidine rings is 1. The second-order valence-electron chi connectivity index (χ2n) is 9.56. The molecule has 1 amide bonds. The zero-order valence-electron chi connectivity index (χ0n) is 19.7. The number of fused-ring (bicyclic) bond motifs is 2. The van der Waals surface area contributed by atoms with Crippen molar-refractivity contribution in [3.05, 3.63) is 75.9 Å². The van der Waals surface area contributed by atoms with Crippen LogP contribution in [0.15, 0.2) is 70.2 Å². The zero-order valence-corrected chi connectivity index (χ0v) is 22.9. The van der Waals surface area contributed by atoms with Gasteiger partial charge in [-0.3, -0.25) is 4.79 Å². The first-order chi connectivity index (χ1) is 17.4. The maximum Gasteiger partial charge on any atom is 0.239 e. The molecule has 1 fully saturated rings. The fraction of sp³-hybridized carbons (Fsp3) is 0.296. The predicted molar refractivity (Wildman–Crippen MR) is 149 cm³/mol. The minimum Gasteiger partial charge on any atom is -0.367 e. The first-order valence-corrected chi connectivity index (χ1v) is 14.0. The van der Waals surface area contributed by atoms with Crippen LogP contribution in [0.1, 0.15) is 25.3 Å². The summed E-state index contributed by atoms with van der Waals surface area (Å²) in [6, 6.07) is 18.3. The molecule has 6 rings (SSSR count). The SMILES string of the molecule is CC1(C(=O)N2CCC(Nc3cc(-c4ccccc4Cl)nc4c(Br)cnn34)CC2)Cc2ccccc2S1. The third kappa shape index (κ3) is 4.29. The Morgan fingerprint density at radius 3 is 2.69 bits per heavy atom. The minimum absolute atomic E-state index is 0.225. The van der Waals surface area contributed by atoms with E-state index in [-0.39, 0.29) is 11.9 Å². The van der Waals surface area contributed by atoms with E-state index in [0.717, 1.165) is 59.5 Å². The summed E-state index contributed by atoms with van der Waals surface area (Å²) >= 11 is 11.8. The lowest BCUT2D eigenvalue weighted by Gasteiger charge is -2.37. The highest BCUT2D eigenvalue weighted by Gasteiger charge is 2.43. The van der Waals surface area contributed by atoms with Gasteiger partial charge in [-0.15, -0.1) is 11.8 Å². The van der Waals surface area contributed by atoms with Gasteiger partial charge < -0.3 is 10.2 Å². The molecule has 6 nitrogen and oxygen atoms in total. The molecule has 1 atom stereocenters. The van der Waals surface area contributed by atoms with Crippen LogP contribution in [0.3, 0.4) is 0 Å². The quantitative estimate of drug-likeness (QED) is 0.305. The first-order valence-electron chi connectivity index (χ1n) is 12.0. The van der Waals surface area contributed by atoms with Crippen LogP contribution in [0.4, 0.5) is 5.82 Å². The van der Waals surface area contributed by atoms with Gasteiger partial charge in [0.2, 0.25) is 5.91 Å². The van der Waals surface area contributed by atoms with Crippen LogP contribution in [0.2, 0.25) is 5.02 Å². The molecule has 2 aliphatic rings. The van der Waals surface area contributed by atoms with Crippen molar-refractivity contribution >= 4 is 56.7 Å². The Balaban J connectivity index is 1.18. The predicted octanol–water partition coefficient (Wildman–Crippen LogP) is 6.32. The number of carbonyl (C=O) groups excluding carboxylic acids is 1. The van der Waals surface area contributed by atoms with E-state index in [1.165, 1.54) is 10.5 Å². The van der Waals surface area contributed by atoms with Crippen molar-refractivity contribution in [2.75, 3.05) is 18.4 Å². The zero-order chi connectivity index (χ0) is 24.9. The third-order valence-electron chi connectivity index (χ3n) is 7.00. The highest BCUT2D eigenvalue weighted by atomic mass is 79.9. The molecule has 0 aliphatic carbocycles. The van der Waals surface area contributed by atoms with Crippen molar-refractivity contribution in [3.63, 3.8) is 0 Å². The van der Waals surface area contributed by atoms with Crippen molar-refractivity contribution in [2.45, 2.75) is 41.9 Å². The van der Waals surface area contributed by atoms with E-state index in [0.29, 0.717) is 5.02 Å². The van der Waals surface area contributed by atoms with E-state index >= 15 is 0 Å². The maximum atomic E-state index is 13.5. The fourth-order valence-corrected chi connectivity index (χ4v) is 7.06. The minimum atomic E-state index is -0.424. The molecule has 0 radical (unpaired) electrons. The molecule has 2 aliphatic heterocycles. The van der Waals surface area contributed by atoms with Gasteiger partial charge in [0.1, 0.15) is 10.6 Å². The molecule has 184 valence electrons. The number of nitrogens with zero attached hydrogens (tertiary/aromatic N) is 4. The van der Waals surface area contributed by atoms with Gasteiger partial charge in [0.25, 0.3) is 0 Å². The molecule has 2 aromatic heterocycles. The van der Waals surface area contributed by atoms with Gasteiger partial charge in [0, 0.05) is 40.7 Å². The standard InChI is InChI=1S/C27H25BrClN5OS/c1-27(15-17-6-2-5-9-23(17)36-27)26(35)33-12-10-18(11-13-33)31-24-14-22(19-7-3-4-8-21(19)29)32-25-20(28)16-30-34(24)25/h2-9,14,16,18,31H,10-13,15H2,1H3. The Labute approximate surface area is 227 Å². The number of benzene rings is 2. The summed E-state index contributed by atoms with van der Waals surface area (Å²) in [6.07, 6.45) is 4.28. The van der Waals surface area contributed by atoms with E-state index in [4.69, 9.17) is 16.6 Å². The summed E-state index contributed by atoms with van der Waals surface area (Å²) in [4.78, 5) is 21.6. The smallest absolute Gasteiger partial charge is 0.239 e. The summed E-state index contributed by atoms with van der Waals surface area (Å²) in [7, 11) is 0. The lowest BCUT2D eigenvalue weighted by Crippen LogP contribution is -2.50. The van der Waals surface area contributed by atoms with Gasteiger partial charge in [-0.05, 0) is 59.8 Å². The number of aromatic nitrogens is 3. The molecule has 0 bridgehead atoms. The lowest BCUT2D eigenvalue weighted by atomic mass is 9.97. The van der Waals surface area contributed by atoms with Crippen LogP contribution in [0, 0.1) is 0 Å². The molecule has 1 N–H and O–H groups in total. The summed E-state index contributed by atoms with van der Waals surface area (Å²) in [5.41, 5.74) is 3.67. The van der Waals surface area contributed by atoms with Crippen LogP contribution in [-0.2, 0) is 11.2 Å². The van der Waals surface area contributed by atoms with E-state index in [1.54, 1.807) is 18.0 Å². The molecule has 0 spiro atoms. The molecule has 2 aromatic carbocycles. The van der Waals surface area contributed by atoms with Crippen LogP contribution in [0.5, 0.6) is 0 Å². The topological polar surface area (TPSA) is 62.5 Å². The summed E-state index contributed by atoms with van der Waals surface area (Å²) in [5, 5.41) is 8.84. The summed E-state index contributed by atoms with van der Waals surface area (Å²) in [6.45, 7) is 3.55. The van der Waals surface area contributed by atoms with Gasteiger partial charge in [0.05, 0.1) is 16.4 Å². The van der Waals surface area contributed by atoms with E-state index in [1.807, 2.05) is 45.8 Å². The van der Waals surface area contributed by atoms with Crippen LogP contribution in [-0.4, -0.2) is 49.3 Å². The molecular formula is C27H25BrClN5OS. The molecule has 9 heteroatoms. The average molecular weight is 583 g/mol. The van der Waals surface area contributed by atoms with E-state index in [9.17, 15) is 4.79 Å². The number of rotatable bonds is 4. The number of anilines is 1. The monoisotopic (exact) mass is 581 g/mol. The van der Waals surface area contributed by atoms with Gasteiger partial charge in [-0.1, -0.05) is 48.0 Å². The van der Waals surface area contributed by atoms with Gasteiger partial charge in [-0.2, -0.15) is 9.61 Å². The van der Waals surface area contributed by atoms with Crippen LogP contribution < -0.4 is 5.32 Å². The van der Waals surface area contributed by atoms with Crippen molar-refractivity contribution in [1.82, 2.24) is 19.5 Å². The number of thioether (sulfide) groups is 1. The number of amides is 1. The average Bonchev–Trinajstić information content (AvgIpc) is 3.44. The second-order valence-corrected chi connectivity index (χ2v) is 12.4. The van der Waals surface area contributed by atoms with Crippen LogP contribution >= 0.6 is 39.3 Å².